The lowest BCUT2D eigenvalue weighted by molar-refractivity contribution is -0.0729. The summed E-state index contributed by atoms with van der Waals surface area (Å²) in [6.45, 7) is 7.92. The Labute approximate surface area is 103 Å². The molecule has 0 spiro atoms. The Morgan fingerprint density at radius 1 is 1.35 bits per heavy atom. The molecule has 0 saturated carbocycles. The van der Waals surface area contributed by atoms with Crippen molar-refractivity contribution in [3.8, 4) is 0 Å². The summed E-state index contributed by atoms with van der Waals surface area (Å²) in [6.07, 6.45) is 0.521. The van der Waals surface area contributed by atoms with Gasteiger partial charge in [-0.05, 0) is 44.9 Å². The van der Waals surface area contributed by atoms with Crippen LogP contribution in [0.3, 0.4) is 0 Å². The third kappa shape index (κ3) is 4.44. The molecular formula is C14H22FNO. The van der Waals surface area contributed by atoms with Crippen LogP contribution >= 0.6 is 0 Å². The molecule has 0 amide bonds. The molecule has 0 fully saturated rings. The van der Waals surface area contributed by atoms with Gasteiger partial charge < -0.3 is 10.5 Å². The molecule has 2 unspecified atom stereocenters. The van der Waals surface area contributed by atoms with Gasteiger partial charge in [-0.1, -0.05) is 19.1 Å². The molecule has 0 aliphatic rings. The van der Waals surface area contributed by atoms with Crippen molar-refractivity contribution in [2.75, 3.05) is 0 Å². The van der Waals surface area contributed by atoms with Crippen LogP contribution in [-0.4, -0.2) is 11.6 Å². The molecule has 0 bridgehead atoms. The minimum absolute atomic E-state index is 0.129. The van der Waals surface area contributed by atoms with Gasteiger partial charge in [-0.15, -0.1) is 0 Å². The van der Waals surface area contributed by atoms with Gasteiger partial charge in [-0.25, -0.2) is 4.39 Å². The number of halogens is 1. The highest BCUT2D eigenvalue weighted by Gasteiger charge is 2.25. The maximum absolute atomic E-state index is 13.2. The van der Waals surface area contributed by atoms with Crippen molar-refractivity contribution in [3.05, 3.63) is 35.6 Å². The van der Waals surface area contributed by atoms with Crippen molar-refractivity contribution in [2.45, 2.75) is 51.9 Å². The Morgan fingerprint density at radius 2 is 2.00 bits per heavy atom. The van der Waals surface area contributed by atoms with Crippen molar-refractivity contribution < 1.29 is 9.13 Å². The summed E-state index contributed by atoms with van der Waals surface area (Å²) in [5.41, 5.74) is 6.56. The molecule has 0 aliphatic heterocycles. The van der Waals surface area contributed by atoms with E-state index in [4.69, 9.17) is 10.5 Å². The molecule has 0 heterocycles. The second kappa shape index (κ2) is 5.61. The first-order valence-corrected chi connectivity index (χ1v) is 6.02. The van der Waals surface area contributed by atoms with Crippen LogP contribution in [-0.2, 0) is 4.74 Å². The average Bonchev–Trinajstić information content (AvgIpc) is 2.23. The topological polar surface area (TPSA) is 35.2 Å². The van der Waals surface area contributed by atoms with E-state index in [0.29, 0.717) is 0 Å². The lowest BCUT2D eigenvalue weighted by Gasteiger charge is -2.31. The Bertz CT molecular complexity index is 359. The van der Waals surface area contributed by atoms with Crippen molar-refractivity contribution >= 4 is 0 Å². The highest BCUT2D eigenvalue weighted by atomic mass is 19.1. The fraction of sp³-hybridized carbons (Fsp3) is 0.571. The van der Waals surface area contributed by atoms with Crippen LogP contribution in [0.2, 0.25) is 0 Å². The maximum Gasteiger partial charge on any atom is 0.123 e. The summed E-state index contributed by atoms with van der Waals surface area (Å²) in [4.78, 5) is 0. The number of ether oxygens (including phenoxy) is 1. The van der Waals surface area contributed by atoms with Gasteiger partial charge in [-0.3, -0.25) is 0 Å². The lowest BCUT2D eigenvalue weighted by Crippen LogP contribution is -2.35. The van der Waals surface area contributed by atoms with E-state index in [9.17, 15) is 4.39 Å². The van der Waals surface area contributed by atoms with E-state index in [1.165, 1.54) is 12.1 Å². The second-order valence-electron chi connectivity index (χ2n) is 5.28. The molecule has 2 N–H and O–H groups in total. The summed E-state index contributed by atoms with van der Waals surface area (Å²) in [6, 6.07) is 6.33. The summed E-state index contributed by atoms with van der Waals surface area (Å²) in [7, 11) is 0. The van der Waals surface area contributed by atoms with Crippen LogP contribution in [0.4, 0.5) is 4.39 Å². The van der Waals surface area contributed by atoms with Crippen molar-refractivity contribution in [1.29, 1.82) is 0 Å². The summed E-state index contributed by atoms with van der Waals surface area (Å²) < 4.78 is 19.2. The predicted octanol–water partition coefficient (Wildman–Crippen LogP) is 3.42. The molecule has 2 atom stereocenters. The molecule has 0 radical (unpaired) electrons. The first-order valence-electron chi connectivity index (χ1n) is 6.02. The van der Waals surface area contributed by atoms with E-state index in [2.05, 4.69) is 0 Å². The normalized spacial score (nSPS) is 15.6. The summed E-state index contributed by atoms with van der Waals surface area (Å²) >= 11 is 0. The number of hydrogen-bond donors (Lipinski definition) is 1. The Morgan fingerprint density at radius 3 is 2.47 bits per heavy atom. The Kier molecular flexibility index (Phi) is 4.66. The third-order valence-corrected chi connectivity index (χ3v) is 2.52. The highest BCUT2D eigenvalue weighted by molar-refractivity contribution is 5.20. The third-order valence-electron chi connectivity index (χ3n) is 2.52. The van der Waals surface area contributed by atoms with Gasteiger partial charge in [0.25, 0.3) is 0 Å². The average molecular weight is 239 g/mol. The molecule has 2 nitrogen and oxygen atoms in total. The number of hydrogen-bond acceptors (Lipinski definition) is 2. The molecule has 0 saturated heterocycles. The smallest absolute Gasteiger partial charge is 0.123 e. The molecule has 0 aromatic heterocycles. The maximum atomic E-state index is 13.2. The Hall–Kier alpha value is -0.930. The fourth-order valence-electron chi connectivity index (χ4n) is 1.68. The molecule has 1 aromatic rings. The SMILES string of the molecule is CCC(N)C(OC(C)(C)C)c1cccc(F)c1. The minimum Gasteiger partial charge on any atom is -0.366 e. The first kappa shape index (κ1) is 14.1. The van der Waals surface area contributed by atoms with Crippen LogP contribution < -0.4 is 5.73 Å². The van der Waals surface area contributed by atoms with Crippen molar-refractivity contribution in [2.24, 2.45) is 5.73 Å². The van der Waals surface area contributed by atoms with Crippen LogP contribution in [0.15, 0.2) is 24.3 Å². The van der Waals surface area contributed by atoms with Crippen LogP contribution in [0.1, 0.15) is 45.8 Å². The zero-order chi connectivity index (χ0) is 13.1. The molecule has 96 valence electrons. The lowest BCUT2D eigenvalue weighted by atomic mass is 9.99. The van der Waals surface area contributed by atoms with Crippen LogP contribution in [0.25, 0.3) is 0 Å². The zero-order valence-corrected chi connectivity index (χ0v) is 11.0. The minimum atomic E-state index is -0.302. The summed E-state index contributed by atoms with van der Waals surface area (Å²) in [5.74, 6) is -0.256. The standard InChI is InChI=1S/C14H22FNO/c1-5-12(16)13(17-14(2,3)4)10-7-6-8-11(15)9-10/h6-9,12-13H,5,16H2,1-4H3. The molecule has 3 heteroatoms. The van der Waals surface area contributed by atoms with Crippen LogP contribution in [0.5, 0.6) is 0 Å². The van der Waals surface area contributed by atoms with Gasteiger partial charge in [0.2, 0.25) is 0 Å². The monoisotopic (exact) mass is 239 g/mol. The zero-order valence-electron chi connectivity index (χ0n) is 11.0. The predicted molar refractivity (Wildman–Crippen MR) is 68.2 cm³/mol. The second-order valence-corrected chi connectivity index (χ2v) is 5.28. The van der Waals surface area contributed by atoms with Crippen molar-refractivity contribution in [1.82, 2.24) is 0 Å². The van der Waals surface area contributed by atoms with E-state index in [1.807, 2.05) is 33.8 Å². The Balaban J connectivity index is 2.98. The molecule has 1 rings (SSSR count). The van der Waals surface area contributed by atoms with Gasteiger partial charge in [-0.2, -0.15) is 0 Å². The van der Waals surface area contributed by atoms with Crippen LogP contribution in [0, 0.1) is 5.82 Å². The van der Waals surface area contributed by atoms with Gasteiger partial charge in [0.05, 0.1) is 11.7 Å². The molecule has 1 aromatic carbocycles. The van der Waals surface area contributed by atoms with Gasteiger partial charge in [0, 0.05) is 6.04 Å². The summed E-state index contributed by atoms with van der Waals surface area (Å²) in [5, 5.41) is 0. The van der Waals surface area contributed by atoms with E-state index in [0.717, 1.165) is 12.0 Å². The molecule has 17 heavy (non-hydrogen) atoms. The van der Waals surface area contributed by atoms with Gasteiger partial charge in [0.1, 0.15) is 5.82 Å². The molecular weight excluding hydrogens is 217 g/mol. The quantitative estimate of drug-likeness (QED) is 0.873. The number of rotatable bonds is 4. The molecule has 0 aliphatic carbocycles. The largest absolute Gasteiger partial charge is 0.366 e. The van der Waals surface area contributed by atoms with E-state index >= 15 is 0 Å². The first-order chi connectivity index (χ1) is 7.83. The van der Waals surface area contributed by atoms with Crippen molar-refractivity contribution in [3.63, 3.8) is 0 Å². The highest BCUT2D eigenvalue weighted by Crippen LogP contribution is 2.27. The van der Waals surface area contributed by atoms with Gasteiger partial charge >= 0.3 is 0 Å². The van der Waals surface area contributed by atoms with Gasteiger partial charge in [0.15, 0.2) is 0 Å². The van der Waals surface area contributed by atoms with E-state index in [-0.39, 0.29) is 23.6 Å². The number of nitrogens with two attached hydrogens (primary N) is 1. The van der Waals surface area contributed by atoms with E-state index in [1.54, 1.807) is 6.07 Å². The van der Waals surface area contributed by atoms with E-state index < -0.39 is 0 Å². The number of benzene rings is 1. The fourth-order valence-corrected chi connectivity index (χ4v) is 1.68.